The van der Waals surface area contributed by atoms with E-state index in [9.17, 15) is 0 Å². The molecule has 4 aromatic rings. The van der Waals surface area contributed by atoms with E-state index < -0.39 is 0 Å². The Morgan fingerprint density at radius 3 is 2.74 bits per heavy atom. The van der Waals surface area contributed by atoms with Gasteiger partial charge in [0.25, 0.3) is 0 Å². The van der Waals surface area contributed by atoms with E-state index in [1.807, 2.05) is 11.7 Å². The Kier molecular flexibility index (Phi) is 5.48. The molecule has 1 aromatic carbocycles. The van der Waals surface area contributed by atoms with E-state index in [-0.39, 0.29) is 0 Å². The number of thiophene rings is 1. The number of nitrogens with one attached hydrogen (secondary N) is 1. The molecule has 0 amide bonds. The number of nitrogens with zero attached hydrogens (tertiary/aromatic N) is 5. The molecule has 3 atom stereocenters. The fraction of sp³-hybridized carbons (Fsp3) is 0.519. The first-order valence-electron chi connectivity index (χ1n) is 12.9. The molecule has 5 heterocycles. The number of hydrogen-bond acceptors (Lipinski definition) is 7. The second-order valence-corrected chi connectivity index (χ2v) is 11.7. The minimum atomic E-state index is 0.493. The number of aromatic nitrogens is 4. The third-order valence-corrected chi connectivity index (χ3v) is 9.22. The van der Waals surface area contributed by atoms with Gasteiger partial charge in [-0.1, -0.05) is 6.07 Å². The molecule has 8 heteroatoms. The van der Waals surface area contributed by atoms with Gasteiger partial charge in [0.1, 0.15) is 5.69 Å². The van der Waals surface area contributed by atoms with Crippen molar-refractivity contribution in [2.75, 3.05) is 38.2 Å². The fourth-order valence-electron chi connectivity index (χ4n) is 6.63. The van der Waals surface area contributed by atoms with Crippen molar-refractivity contribution in [3.05, 3.63) is 35.8 Å². The Morgan fingerprint density at radius 2 is 1.91 bits per heavy atom. The Hall–Kier alpha value is -2.55. The van der Waals surface area contributed by atoms with Crippen molar-refractivity contribution in [2.24, 2.45) is 24.8 Å². The van der Waals surface area contributed by atoms with Gasteiger partial charge in [0.15, 0.2) is 5.82 Å². The van der Waals surface area contributed by atoms with Crippen LogP contribution in [-0.2, 0) is 11.8 Å². The van der Waals surface area contributed by atoms with Crippen LogP contribution in [0.3, 0.4) is 0 Å². The van der Waals surface area contributed by atoms with Crippen molar-refractivity contribution in [1.82, 2.24) is 24.9 Å². The van der Waals surface area contributed by atoms with E-state index >= 15 is 0 Å². The predicted molar refractivity (Wildman–Crippen MR) is 141 cm³/mol. The third-order valence-electron chi connectivity index (χ3n) is 8.30. The van der Waals surface area contributed by atoms with Crippen molar-refractivity contribution in [1.29, 1.82) is 0 Å². The van der Waals surface area contributed by atoms with E-state index in [2.05, 4.69) is 51.2 Å². The van der Waals surface area contributed by atoms with Gasteiger partial charge in [-0.3, -0.25) is 4.68 Å². The molecule has 0 radical (unpaired) electrons. The van der Waals surface area contributed by atoms with Crippen molar-refractivity contribution in [3.63, 3.8) is 0 Å². The maximum absolute atomic E-state index is 5.54. The zero-order valence-electron chi connectivity index (χ0n) is 20.2. The van der Waals surface area contributed by atoms with Crippen molar-refractivity contribution >= 4 is 38.1 Å². The molecule has 7 rings (SSSR count). The summed E-state index contributed by atoms with van der Waals surface area (Å²) in [5, 5.41) is 22.1. The number of rotatable bonds is 5. The molecular weight excluding hydrogens is 456 g/mol. The molecule has 1 N–H and O–H groups in total. The lowest BCUT2D eigenvalue weighted by molar-refractivity contribution is 0.0545. The lowest BCUT2D eigenvalue weighted by atomic mass is 10.00. The summed E-state index contributed by atoms with van der Waals surface area (Å²) in [6, 6.07) is 9.01. The monoisotopic (exact) mass is 488 g/mol. The number of likely N-dealkylation sites (tertiary alicyclic amines) is 1. The Morgan fingerprint density at radius 1 is 1.09 bits per heavy atom. The average molecular weight is 489 g/mol. The number of ether oxygens (including phenoxy) is 1. The molecule has 0 spiro atoms. The van der Waals surface area contributed by atoms with E-state index in [4.69, 9.17) is 14.9 Å². The lowest BCUT2D eigenvalue weighted by Gasteiger charge is -2.27. The number of benzene rings is 1. The van der Waals surface area contributed by atoms with Gasteiger partial charge >= 0.3 is 0 Å². The van der Waals surface area contributed by atoms with Crippen LogP contribution in [0.5, 0.6) is 0 Å². The van der Waals surface area contributed by atoms with Crippen LogP contribution >= 0.6 is 11.3 Å². The molecule has 0 bridgehead atoms. The second kappa shape index (κ2) is 8.84. The number of hydrogen-bond donors (Lipinski definition) is 1. The Labute approximate surface area is 209 Å². The van der Waals surface area contributed by atoms with Crippen LogP contribution in [0.4, 0.5) is 5.82 Å². The van der Waals surface area contributed by atoms with Crippen LogP contribution in [0, 0.1) is 17.8 Å². The Balaban J connectivity index is 1.05. The van der Waals surface area contributed by atoms with Crippen LogP contribution in [0.15, 0.2) is 35.8 Å². The summed E-state index contributed by atoms with van der Waals surface area (Å²) in [4.78, 5) is 2.73. The molecule has 3 fully saturated rings. The highest BCUT2D eigenvalue weighted by molar-refractivity contribution is 7.17. The largest absolute Gasteiger partial charge is 0.381 e. The SMILES string of the molecule is Cn1cc2cc(-c3nnc(NC4CC5CN(CC6CCOCC6)C[C@H]5C4)c4sccc34)ccc2n1. The first-order valence-corrected chi connectivity index (χ1v) is 13.8. The standard InChI is InChI=1S/C27H32N6OS/c1-32-14-21-10-18(2-3-24(21)31-32)25-23-6-9-35-26(23)27(30-29-25)28-22-11-19-15-33(16-20(19)12-22)13-17-4-7-34-8-5-17/h2-3,6,9-10,14,17,19-20,22H,4-5,7-8,11-13,15-16H2,1H3,(H,28,30)/t19-,20?,22?/m1/s1. The zero-order valence-corrected chi connectivity index (χ0v) is 21.0. The van der Waals surface area contributed by atoms with Gasteiger partial charge in [-0.15, -0.1) is 21.5 Å². The number of aryl methyl sites for hydroxylation is 1. The van der Waals surface area contributed by atoms with Gasteiger partial charge in [0.05, 0.1) is 10.2 Å². The molecule has 182 valence electrons. The predicted octanol–water partition coefficient (Wildman–Crippen LogP) is 4.79. The van der Waals surface area contributed by atoms with Gasteiger partial charge in [-0.2, -0.15) is 5.10 Å². The summed E-state index contributed by atoms with van der Waals surface area (Å²) in [7, 11) is 1.96. The number of anilines is 1. The summed E-state index contributed by atoms with van der Waals surface area (Å²) in [6.45, 7) is 5.69. The minimum absolute atomic E-state index is 0.493. The molecule has 2 saturated heterocycles. The Bertz CT molecular complexity index is 1340. The van der Waals surface area contributed by atoms with E-state index in [1.165, 1.54) is 55.4 Å². The van der Waals surface area contributed by atoms with Crippen LogP contribution < -0.4 is 5.32 Å². The molecule has 3 aromatic heterocycles. The normalized spacial score (nSPS) is 25.6. The topological polar surface area (TPSA) is 68.1 Å². The highest BCUT2D eigenvalue weighted by Gasteiger charge is 2.41. The maximum atomic E-state index is 5.54. The highest BCUT2D eigenvalue weighted by atomic mass is 32.1. The van der Waals surface area contributed by atoms with E-state index in [0.29, 0.717) is 6.04 Å². The zero-order chi connectivity index (χ0) is 23.4. The van der Waals surface area contributed by atoms with E-state index in [0.717, 1.165) is 58.9 Å². The first kappa shape index (κ1) is 21.7. The molecule has 2 aliphatic heterocycles. The summed E-state index contributed by atoms with van der Waals surface area (Å²) in [5.41, 5.74) is 3.04. The fourth-order valence-corrected chi connectivity index (χ4v) is 7.48. The van der Waals surface area contributed by atoms with Crippen LogP contribution in [0.2, 0.25) is 0 Å². The summed E-state index contributed by atoms with van der Waals surface area (Å²) >= 11 is 1.76. The minimum Gasteiger partial charge on any atom is -0.381 e. The summed E-state index contributed by atoms with van der Waals surface area (Å²) < 4.78 is 8.61. The molecule has 35 heavy (non-hydrogen) atoms. The number of fused-ring (bicyclic) bond motifs is 3. The van der Waals surface area contributed by atoms with Crippen molar-refractivity contribution in [3.8, 4) is 11.3 Å². The van der Waals surface area contributed by atoms with E-state index in [1.54, 1.807) is 11.3 Å². The quantitative estimate of drug-likeness (QED) is 0.436. The maximum Gasteiger partial charge on any atom is 0.166 e. The summed E-state index contributed by atoms with van der Waals surface area (Å²) in [6.07, 6.45) is 7.00. The van der Waals surface area contributed by atoms with Gasteiger partial charge < -0.3 is 15.0 Å². The molecular formula is C27H32N6OS. The smallest absolute Gasteiger partial charge is 0.166 e. The molecule has 1 aliphatic carbocycles. The van der Waals surface area contributed by atoms with Gasteiger partial charge in [-0.25, -0.2) is 0 Å². The van der Waals surface area contributed by atoms with Gasteiger partial charge in [0, 0.05) is 68.5 Å². The average Bonchev–Trinajstić information content (AvgIpc) is 3.62. The highest BCUT2D eigenvalue weighted by Crippen LogP contribution is 2.41. The van der Waals surface area contributed by atoms with Crippen LogP contribution in [0.25, 0.3) is 32.2 Å². The van der Waals surface area contributed by atoms with Crippen LogP contribution in [0.1, 0.15) is 25.7 Å². The summed E-state index contributed by atoms with van der Waals surface area (Å²) in [5.74, 6) is 3.40. The molecule has 3 aliphatic rings. The van der Waals surface area contributed by atoms with Crippen LogP contribution in [-0.4, -0.2) is 63.8 Å². The lowest BCUT2D eigenvalue weighted by Crippen LogP contribution is -2.32. The van der Waals surface area contributed by atoms with Crippen molar-refractivity contribution in [2.45, 2.75) is 31.7 Å². The molecule has 2 unspecified atom stereocenters. The molecule has 1 saturated carbocycles. The molecule has 7 nitrogen and oxygen atoms in total. The van der Waals surface area contributed by atoms with Crippen molar-refractivity contribution < 1.29 is 4.74 Å². The van der Waals surface area contributed by atoms with Gasteiger partial charge in [-0.05, 0) is 67.0 Å². The third kappa shape index (κ3) is 4.11. The first-order chi connectivity index (χ1) is 17.2. The second-order valence-electron chi connectivity index (χ2n) is 10.7. The van der Waals surface area contributed by atoms with Gasteiger partial charge in [0.2, 0.25) is 0 Å².